The lowest BCUT2D eigenvalue weighted by atomic mass is 10.1. The van der Waals surface area contributed by atoms with Crippen molar-refractivity contribution in [3.05, 3.63) is 28.8 Å². The molecule has 8 heteroatoms. The van der Waals surface area contributed by atoms with Crippen LogP contribution in [0.5, 0.6) is 5.75 Å². The van der Waals surface area contributed by atoms with E-state index in [2.05, 4.69) is 4.74 Å². The van der Waals surface area contributed by atoms with Gasteiger partial charge in [-0.25, -0.2) is 0 Å². The Morgan fingerprint density at radius 1 is 1.09 bits per heavy atom. The Kier molecular flexibility index (Phi) is 6.07. The number of aryl methyl sites for hydroxylation is 3. The van der Waals surface area contributed by atoms with E-state index in [1.54, 1.807) is 13.8 Å². The van der Waals surface area contributed by atoms with Gasteiger partial charge in [-0.05, 0) is 31.9 Å². The molecule has 1 rings (SSSR count). The number of hydrogen-bond acceptors (Lipinski definition) is 6. The fourth-order valence-corrected chi connectivity index (χ4v) is 2.20. The molecule has 0 spiro atoms. The summed E-state index contributed by atoms with van der Waals surface area (Å²) in [5.74, 6) is -2.05. The molecule has 0 atom stereocenters. The summed E-state index contributed by atoms with van der Waals surface area (Å²) in [6.07, 6.45) is -0.641. The molecule has 0 aromatic heterocycles. The van der Waals surface area contributed by atoms with Crippen LogP contribution in [0.4, 0.5) is 0 Å². The molecule has 22 heavy (non-hydrogen) atoms. The molecule has 0 amide bonds. The van der Waals surface area contributed by atoms with Crippen molar-refractivity contribution < 1.29 is 32.0 Å². The zero-order valence-electron chi connectivity index (χ0n) is 12.6. The number of benzene rings is 1. The molecule has 0 saturated carbocycles. The van der Waals surface area contributed by atoms with Crippen LogP contribution in [0.25, 0.3) is 0 Å². The minimum atomic E-state index is -4.21. The van der Waals surface area contributed by atoms with Gasteiger partial charge in [0.05, 0.1) is 0 Å². The molecular formula is C14H18O7S. The SMILES string of the molecule is Cc1cc(C)c(OC(=O)CC(=O)OCCS(=O)(=O)O)c(C)c1. The van der Waals surface area contributed by atoms with E-state index >= 15 is 0 Å². The number of esters is 2. The summed E-state index contributed by atoms with van der Waals surface area (Å²) in [7, 11) is -4.21. The summed E-state index contributed by atoms with van der Waals surface area (Å²) >= 11 is 0. The molecule has 1 aromatic carbocycles. The number of carbonyl (C=O) groups excluding carboxylic acids is 2. The third-order valence-corrected chi connectivity index (χ3v) is 3.40. The lowest BCUT2D eigenvalue weighted by Crippen LogP contribution is -2.19. The number of rotatable bonds is 6. The van der Waals surface area contributed by atoms with E-state index in [-0.39, 0.29) is 0 Å². The quantitative estimate of drug-likeness (QED) is 0.363. The van der Waals surface area contributed by atoms with Gasteiger partial charge in [-0.2, -0.15) is 8.42 Å². The highest BCUT2D eigenvalue weighted by Crippen LogP contribution is 2.24. The highest BCUT2D eigenvalue weighted by atomic mass is 32.2. The Bertz CT molecular complexity index is 653. The van der Waals surface area contributed by atoms with Crippen LogP contribution in [0.15, 0.2) is 12.1 Å². The maximum absolute atomic E-state index is 11.7. The van der Waals surface area contributed by atoms with E-state index in [1.165, 1.54) is 0 Å². The van der Waals surface area contributed by atoms with Gasteiger partial charge >= 0.3 is 11.9 Å². The smallest absolute Gasteiger partial charge is 0.322 e. The van der Waals surface area contributed by atoms with Gasteiger partial charge in [-0.3, -0.25) is 14.1 Å². The van der Waals surface area contributed by atoms with Gasteiger partial charge in [-0.1, -0.05) is 17.7 Å². The first-order chi connectivity index (χ1) is 10.1. The molecule has 7 nitrogen and oxygen atoms in total. The molecule has 0 radical (unpaired) electrons. The highest BCUT2D eigenvalue weighted by Gasteiger charge is 2.16. The van der Waals surface area contributed by atoms with Crippen molar-refractivity contribution in [1.29, 1.82) is 0 Å². The van der Waals surface area contributed by atoms with Crippen LogP contribution in [-0.4, -0.2) is 37.3 Å². The lowest BCUT2D eigenvalue weighted by molar-refractivity contribution is -0.149. The fraction of sp³-hybridized carbons (Fsp3) is 0.429. The number of carbonyl (C=O) groups is 2. The first kappa shape index (κ1) is 18.1. The van der Waals surface area contributed by atoms with E-state index in [0.29, 0.717) is 5.75 Å². The lowest BCUT2D eigenvalue weighted by Gasteiger charge is -2.11. The molecular weight excluding hydrogens is 312 g/mol. The molecule has 0 aliphatic carbocycles. The summed E-state index contributed by atoms with van der Waals surface area (Å²) in [4.78, 5) is 23.0. The minimum Gasteiger partial charge on any atom is -0.464 e. The van der Waals surface area contributed by atoms with E-state index in [0.717, 1.165) is 16.7 Å². The average Bonchev–Trinajstić information content (AvgIpc) is 2.31. The van der Waals surface area contributed by atoms with Gasteiger partial charge in [0.2, 0.25) is 0 Å². The van der Waals surface area contributed by atoms with Crippen molar-refractivity contribution in [3.8, 4) is 5.75 Å². The minimum absolute atomic E-state index is 0.390. The van der Waals surface area contributed by atoms with E-state index in [9.17, 15) is 18.0 Å². The van der Waals surface area contributed by atoms with E-state index in [1.807, 2.05) is 19.1 Å². The third-order valence-electron chi connectivity index (χ3n) is 2.71. The fourth-order valence-electron chi connectivity index (χ4n) is 1.91. The topological polar surface area (TPSA) is 107 Å². The van der Waals surface area contributed by atoms with Crippen molar-refractivity contribution >= 4 is 22.1 Å². The maximum atomic E-state index is 11.7. The Balaban J connectivity index is 2.55. The second kappa shape index (κ2) is 7.37. The molecule has 1 aromatic rings. The summed E-state index contributed by atoms with van der Waals surface area (Å²) in [6.45, 7) is 4.96. The summed E-state index contributed by atoms with van der Waals surface area (Å²) in [5.41, 5.74) is 2.57. The van der Waals surface area contributed by atoms with Crippen molar-refractivity contribution in [2.24, 2.45) is 0 Å². The molecule has 0 heterocycles. The van der Waals surface area contributed by atoms with E-state index < -0.39 is 40.8 Å². The second-order valence-corrected chi connectivity index (χ2v) is 6.46. The summed E-state index contributed by atoms with van der Waals surface area (Å²) in [5, 5.41) is 0. The highest BCUT2D eigenvalue weighted by molar-refractivity contribution is 7.85. The van der Waals surface area contributed by atoms with Crippen LogP contribution in [-0.2, 0) is 24.4 Å². The molecule has 0 unspecified atom stereocenters. The van der Waals surface area contributed by atoms with Crippen molar-refractivity contribution in [2.75, 3.05) is 12.4 Å². The van der Waals surface area contributed by atoms with Gasteiger partial charge in [-0.15, -0.1) is 0 Å². The first-order valence-electron chi connectivity index (χ1n) is 6.48. The largest absolute Gasteiger partial charge is 0.464 e. The Hall–Kier alpha value is -1.93. The van der Waals surface area contributed by atoms with E-state index in [4.69, 9.17) is 9.29 Å². The van der Waals surface area contributed by atoms with Crippen LogP contribution in [0.2, 0.25) is 0 Å². The van der Waals surface area contributed by atoms with Crippen molar-refractivity contribution in [2.45, 2.75) is 27.2 Å². The molecule has 0 saturated heterocycles. The number of ether oxygens (including phenoxy) is 2. The molecule has 0 bridgehead atoms. The molecule has 0 aliphatic heterocycles. The Morgan fingerprint density at radius 3 is 2.14 bits per heavy atom. The average molecular weight is 330 g/mol. The molecule has 1 N–H and O–H groups in total. The zero-order valence-corrected chi connectivity index (χ0v) is 13.4. The molecule has 0 fully saturated rings. The van der Waals surface area contributed by atoms with Crippen LogP contribution < -0.4 is 4.74 Å². The van der Waals surface area contributed by atoms with Gasteiger partial charge in [0.15, 0.2) is 0 Å². The van der Waals surface area contributed by atoms with Crippen LogP contribution in [0.3, 0.4) is 0 Å². The van der Waals surface area contributed by atoms with Gasteiger partial charge in [0, 0.05) is 0 Å². The maximum Gasteiger partial charge on any atom is 0.322 e. The first-order valence-corrected chi connectivity index (χ1v) is 8.08. The predicted octanol–water partition coefficient (Wildman–Crippen LogP) is 1.34. The van der Waals surface area contributed by atoms with Gasteiger partial charge in [0.1, 0.15) is 24.5 Å². The van der Waals surface area contributed by atoms with Gasteiger partial charge < -0.3 is 9.47 Å². The Morgan fingerprint density at radius 2 is 1.64 bits per heavy atom. The molecule has 122 valence electrons. The van der Waals surface area contributed by atoms with Crippen LogP contribution in [0.1, 0.15) is 23.1 Å². The monoisotopic (exact) mass is 330 g/mol. The van der Waals surface area contributed by atoms with Crippen LogP contribution in [0, 0.1) is 20.8 Å². The number of hydrogen-bond donors (Lipinski definition) is 1. The second-order valence-electron chi connectivity index (χ2n) is 4.89. The Labute approximate surface area is 129 Å². The van der Waals surface area contributed by atoms with Crippen LogP contribution >= 0.6 is 0 Å². The van der Waals surface area contributed by atoms with Crippen molar-refractivity contribution in [1.82, 2.24) is 0 Å². The van der Waals surface area contributed by atoms with Gasteiger partial charge in [0.25, 0.3) is 10.1 Å². The summed E-state index contributed by atoms with van der Waals surface area (Å²) < 4.78 is 39.1. The van der Waals surface area contributed by atoms with Crippen molar-refractivity contribution in [3.63, 3.8) is 0 Å². The summed E-state index contributed by atoms with van der Waals surface area (Å²) in [6, 6.07) is 3.69. The standard InChI is InChI=1S/C14H18O7S/c1-9-6-10(2)14(11(3)7-9)21-13(16)8-12(15)20-4-5-22(17,18)19/h6-7H,4-5,8H2,1-3H3,(H,17,18,19). The normalized spacial score (nSPS) is 11.1. The zero-order chi connectivity index (χ0) is 16.9. The molecule has 0 aliphatic rings. The predicted molar refractivity (Wildman–Crippen MR) is 78.3 cm³/mol. The third kappa shape index (κ3) is 6.23.